The number of aromatic nitrogens is 1. The molecule has 0 aliphatic heterocycles. The lowest BCUT2D eigenvalue weighted by Crippen LogP contribution is -2.02. The van der Waals surface area contributed by atoms with Crippen molar-refractivity contribution in [2.24, 2.45) is 12.8 Å². The SMILES string of the molecule is COc1c(CN)cc(OC)c2c1ccn2C. The van der Waals surface area contributed by atoms with E-state index < -0.39 is 0 Å². The van der Waals surface area contributed by atoms with Crippen LogP contribution in [-0.2, 0) is 13.6 Å². The molecule has 2 rings (SSSR count). The molecule has 0 unspecified atom stereocenters. The second-order valence-electron chi connectivity index (χ2n) is 3.66. The smallest absolute Gasteiger partial charge is 0.143 e. The first kappa shape index (κ1) is 10.8. The van der Waals surface area contributed by atoms with Gasteiger partial charge in [-0.1, -0.05) is 0 Å². The molecule has 0 radical (unpaired) electrons. The van der Waals surface area contributed by atoms with Gasteiger partial charge >= 0.3 is 0 Å². The van der Waals surface area contributed by atoms with E-state index in [2.05, 4.69) is 0 Å². The molecule has 0 amide bonds. The minimum absolute atomic E-state index is 0.435. The lowest BCUT2D eigenvalue weighted by atomic mass is 10.1. The molecule has 86 valence electrons. The first-order chi connectivity index (χ1) is 7.72. The molecule has 1 aromatic heterocycles. The van der Waals surface area contributed by atoms with Crippen LogP contribution in [0.3, 0.4) is 0 Å². The number of aryl methyl sites for hydroxylation is 1. The van der Waals surface area contributed by atoms with Crippen molar-refractivity contribution < 1.29 is 9.47 Å². The first-order valence-electron chi connectivity index (χ1n) is 5.11. The molecule has 4 heteroatoms. The Labute approximate surface area is 94.6 Å². The Morgan fingerprint density at radius 2 is 2.06 bits per heavy atom. The lowest BCUT2D eigenvalue weighted by molar-refractivity contribution is 0.405. The normalized spacial score (nSPS) is 10.8. The summed E-state index contributed by atoms with van der Waals surface area (Å²) < 4.78 is 12.8. The maximum atomic E-state index is 5.71. The number of ether oxygens (including phenoxy) is 2. The zero-order valence-electron chi connectivity index (χ0n) is 9.78. The van der Waals surface area contributed by atoms with Crippen LogP contribution in [-0.4, -0.2) is 18.8 Å². The number of nitrogens with two attached hydrogens (primary N) is 1. The summed E-state index contributed by atoms with van der Waals surface area (Å²) in [4.78, 5) is 0. The van der Waals surface area contributed by atoms with Crippen molar-refractivity contribution in [3.05, 3.63) is 23.9 Å². The Morgan fingerprint density at radius 1 is 1.31 bits per heavy atom. The van der Waals surface area contributed by atoms with Crippen molar-refractivity contribution in [2.75, 3.05) is 14.2 Å². The topological polar surface area (TPSA) is 49.4 Å². The molecule has 1 heterocycles. The van der Waals surface area contributed by atoms with E-state index in [-0.39, 0.29) is 0 Å². The summed E-state index contributed by atoms with van der Waals surface area (Å²) >= 11 is 0. The fraction of sp³-hybridized carbons (Fsp3) is 0.333. The van der Waals surface area contributed by atoms with Crippen molar-refractivity contribution in [1.82, 2.24) is 4.57 Å². The van der Waals surface area contributed by atoms with Gasteiger partial charge in [-0.25, -0.2) is 0 Å². The minimum Gasteiger partial charge on any atom is -0.496 e. The third-order valence-corrected chi connectivity index (χ3v) is 2.79. The number of nitrogens with zero attached hydrogens (tertiary/aromatic N) is 1. The van der Waals surface area contributed by atoms with Gasteiger partial charge in [0.05, 0.1) is 19.7 Å². The molecule has 0 saturated carbocycles. The predicted octanol–water partition coefficient (Wildman–Crippen LogP) is 1.65. The van der Waals surface area contributed by atoms with Crippen LogP contribution >= 0.6 is 0 Å². The van der Waals surface area contributed by atoms with E-state index >= 15 is 0 Å². The number of rotatable bonds is 3. The van der Waals surface area contributed by atoms with Crippen LogP contribution in [0.1, 0.15) is 5.56 Å². The van der Waals surface area contributed by atoms with Crippen LogP contribution in [0.2, 0.25) is 0 Å². The lowest BCUT2D eigenvalue weighted by Gasteiger charge is -2.12. The average molecular weight is 220 g/mol. The Hall–Kier alpha value is -1.68. The largest absolute Gasteiger partial charge is 0.496 e. The van der Waals surface area contributed by atoms with Crippen LogP contribution in [0, 0.1) is 0 Å². The summed E-state index contributed by atoms with van der Waals surface area (Å²) in [7, 11) is 5.30. The highest BCUT2D eigenvalue weighted by Crippen LogP contribution is 2.36. The molecular formula is C12H16N2O2. The number of hydrogen-bond donors (Lipinski definition) is 1. The van der Waals surface area contributed by atoms with Gasteiger partial charge in [-0.2, -0.15) is 0 Å². The molecule has 2 N–H and O–H groups in total. The van der Waals surface area contributed by atoms with Crippen LogP contribution in [0.25, 0.3) is 10.9 Å². The van der Waals surface area contributed by atoms with Crippen molar-refractivity contribution in [3.8, 4) is 11.5 Å². The van der Waals surface area contributed by atoms with E-state index in [9.17, 15) is 0 Å². The van der Waals surface area contributed by atoms with Gasteiger partial charge in [0.25, 0.3) is 0 Å². The van der Waals surface area contributed by atoms with Crippen LogP contribution in [0.4, 0.5) is 0 Å². The molecule has 0 bridgehead atoms. The van der Waals surface area contributed by atoms with Gasteiger partial charge in [0.1, 0.15) is 11.5 Å². The maximum Gasteiger partial charge on any atom is 0.143 e. The van der Waals surface area contributed by atoms with E-state index in [1.807, 2.05) is 29.9 Å². The Morgan fingerprint density at radius 3 is 2.62 bits per heavy atom. The molecule has 0 aliphatic rings. The number of hydrogen-bond acceptors (Lipinski definition) is 3. The van der Waals surface area contributed by atoms with Gasteiger partial charge in [0, 0.05) is 30.7 Å². The van der Waals surface area contributed by atoms with Crippen molar-refractivity contribution in [3.63, 3.8) is 0 Å². The highest BCUT2D eigenvalue weighted by Gasteiger charge is 2.14. The summed E-state index contributed by atoms with van der Waals surface area (Å²) in [6.07, 6.45) is 1.98. The molecule has 0 atom stereocenters. The first-order valence-corrected chi connectivity index (χ1v) is 5.11. The minimum atomic E-state index is 0.435. The second-order valence-corrected chi connectivity index (χ2v) is 3.66. The van der Waals surface area contributed by atoms with Crippen molar-refractivity contribution in [2.45, 2.75) is 6.54 Å². The van der Waals surface area contributed by atoms with Crippen LogP contribution in [0.5, 0.6) is 11.5 Å². The zero-order chi connectivity index (χ0) is 11.7. The molecule has 0 aliphatic carbocycles. The van der Waals surface area contributed by atoms with E-state index in [0.29, 0.717) is 6.54 Å². The van der Waals surface area contributed by atoms with E-state index in [1.54, 1.807) is 14.2 Å². The summed E-state index contributed by atoms with van der Waals surface area (Å²) in [5, 5.41) is 1.03. The highest BCUT2D eigenvalue weighted by atomic mass is 16.5. The fourth-order valence-electron chi connectivity index (χ4n) is 2.03. The zero-order valence-corrected chi connectivity index (χ0v) is 9.78. The molecule has 0 spiro atoms. The second kappa shape index (κ2) is 4.06. The van der Waals surface area contributed by atoms with Gasteiger partial charge in [-0.05, 0) is 12.1 Å². The summed E-state index contributed by atoms with van der Waals surface area (Å²) in [6, 6.07) is 3.94. The number of fused-ring (bicyclic) bond motifs is 1. The predicted molar refractivity (Wildman–Crippen MR) is 63.9 cm³/mol. The fourth-order valence-corrected chi connectivity index (χ4v) is 2.03. The van der Waals surface area contributed by atoms with E-state index in [4.69, 9.17) is 15.2 Å². The number of benzene rings is 1. The monoisotopic (exact) mass is 220 g/mol. The Bertz CT molecular complexity index is 517. The molecule has 0 fully saturated rings. The third kappa shape index (κ3) is 1.42. The van der Waals surface area contributed by atoms with E-state index in [1.165, 1.54) is 0 Å². The molecule has 16 heavy (non-hydrogen) atoms. The van der Waals surface area contributed by atoms with Gasteiger partial charge in [-0.3, -0.25) is 0 Å². The van der Waals surface area contributed by atoms with Gasteiger partial charge in [0.2, 0.25) is 0 Å². The highest BCUT2D eigenvalue weighted by molar-refractivity contribution is 5.92. The average Bonchev–Trinajstić information content (AvgIpc) is 2.69. The quantitative estimate of drug-likeness (QED) is 0.855. The molecule has 2 aromatic rings. The summed E-state index contributed by atoms with van der Waals surface area (Å²) in [5.74, 6) is 1.66. The Kier molecular flexibility index (Phi) is 2.75. The molecule has 4 nitrogen and oxygen atoms in total. The van der Waals surface area contributed by atoms with Crippen molar-refractivity contribution in [1.29, 1.82) is 0 Å². The standard InChI is InChI=1S/C12H16N2O2/c1-14-5-4-9-11(14)10(15-2)6-8(7-13)12(9)16-3/h4-6H,7,13H2,1-3H3. The van der Waals surface area contributed by atoms with Crippen LogP contribution < -0.4 is 15.2 Å². The number of methoxy groups -OCH3 is 2. The van der Waals surface area contributed by atoms with Crippen molar-refractivity contribution >= 4 is 10.9 Å². The third-order valence-electron chi connectivity index (χ3n) is 2.79. The molecular weight excluding hydrogens is 204 g/mol. The molecule has 1 aromatic carbocycles. The molecule has 0 saturated heterocycles. The van der Waals surface area contributed by atoms with E-state index in [0.717, 1.165) is 28.0 Å². The Balaban J connectivity index is 2.85. The van der Waals surface area contributed by atoms with Gasteiger partial charge in [0.15, 0.2) is 0 Å². The van der Waals surface area contributed by atoms with Gasteiger partial charge < -0.3 is 19.8 Å². The summed E-state index contributed by atoms with van der Waals surface area (Å²) in [6.45, 7) is 0.435. The maximum absolute atomic E-state index is 5.71. The van der Waals surface area contributed by atoms with Crippen LogP contribution in [0.15, 0.2) is 18.3 Å². The van der Waals surface area contributed by atoms with Gasteiger partial charge in [-0.15, -0.1) is 0 Å². The summed E-state index contributed by atoms with van der Waals surface area (Å²) in [5.41, 5.74) is 7.69.